The van der Waals surface area contributed by atoms with Gasteiger partial charge in [0.05, 0.1) is 0 Å². The maximum atomic E-state index is 6.68. The van der Waals surface area contributed by atoms with Crippen molar-refractivity contribution in [3.8, 4) is 39.6 Å². The van der Waals surface area contributed by atoms with Crippen LogP contribution < -0.4 is 14.5 Å². The molecule has 0 atom stereocenters. The van der Waals surface area contributed by atoms with E-state index in [9.17, 15) is 0 Å². The van der Waals surface area contributed by atoms with Crippen LogP contribution in [0.1, 0.15) is 56.9 Å². The van der Waals surface area contributed by atoms with Crippen LogP contribution in [0.15, 0.2) is 158 Å². The fraction of sp³-hybridized carbons (Fsp3) is 0.143. The fourth-order valence-electron chi connectivity index (χ4n) is 9.45. The molecule has 0 amide bonds. The van der Waals surface area contributed by atoms with Crippen LogP contribution in [-0.4, -0.2) is 9.55 Å². The van der Waals surface area contributed by atoms with Gasteiger partial charge < -0.3 is 19.1 Å². The molecule has 0 fully saturated rings. The van der Waals surface area contributed by atoms with E-state index in [-0.39, 0.29) is 31.9 Å². The number of ether oxygens (including phenoxy) is 1. The standard InChI is InChI=1S/C56H45N4O.Pt/c1-36-23-28-49-51(31-36)58(35-59(49)54-42(37-15-8-7-9-16-37)26-27-47-53(54)45-20-10-12-21-46(45)56(47,5)6)39-17-14-18-40(33-39)61-41-24-25-44-43-19-11-13-22-48(43)60(50(44)34-41)52-32-38(29-30-57-52)55(2,3)4;/h7-32,35H,1-6H3;/q-3;. The number of aryl methyl sites for hydroxylation is 1. The van der Waals surface area contributed by atoms with E-state index in [1.165, 1.54) is 50.2 Å². The number of aromatic nitrogens is 2. The van der Waals surface area contributed by atoms with Crippen LogP contribution in [-0.2, 0) is 31.9 Å². The van der Waals surface area contributed by atoms with Gasteiger partial charge in [-0.05, 0) is 81.4 Å². The second kappa shape index (κ2) is 14.9. The summed E-state index contributed by atoms with van der Waals surface area (Å²) in [7, 11) is 0. The van der Waals surface area contributed by atoms with Gasteiger partial charge in [-0.1, -0.05) is 131 Å². The first kappa shape index (κ1) is 39.7. The van der Waals surface area contributed by atoms with Crippen molar-refractivity contribution in [3.63, 3.8) is 0 Å². The van der Waals surface area contributed by atoms with Crippen molar-refractivity contribution in [2.75, 3.05) is 9.80 Å². The SMILES string of the molecule is Cc1ccc2c(c1)N(c1[c-]c(Oc3[c-]c4c(cc3)c3ccccc3n4-c3cc(C(C)(C)C)ccn3)ccc1)[CH-]N2c1c(-c2ccccc2)ccc2c1-c1ccccc1C2(C)C.[Pt]. The Morgan fingerprint density at radius 3 is 2.26 bits per heavy atom. The molecule has 0 radical (unpaired) electrons. The largest absolute Gasteiger partial charge is 0.509 e. The molecule has 6 heteroatoms. The van der Waals surface area contributed by atoms with E-state index in [2.05, 4.69) is 208 Å². The van der Waals surface area contributed by atoms with E-state index in [0.717, 1.165) is 44.7 Å². The fourth-order valence-corrected chi connectivity index (χ4v) is 9.45. The molecule has 0 spiro atoms. The van der Waals surface area contributed by atoms with Crippen molar-refractivity contribution in [2.24, 2.45) is 0 Å². The van der Waals surface area contributed by atoms with Crippen LogP contribution in [0.3, 0.4) is 0 Å². The molecule has 3 heterocycles. The molecule has 11 rings (SSSR count). The summed E-state index contributed by atoms with van der Waals surface area (Å²) in [5.74, 6) is 2.06. The molecule has 2 aliphatic rings. The Labute approximate surface area is 378 Å². The predicted molar refractivity (Wildman–Crippen MR) is 251 cm³/mol. The van der Waals surface area contributed by atoms with Crippen LogP contribution in [0.4, 0.5) is 22.7 Å². The zero-order chi connectivity index (χ0) is 41.6. The van der Waals surface area contributed by atoms with Gasteiger partial charge in [-0.25, -0.2) is 4.98 Å². The van der Waals surface area contributed by atoms with Gasteiger partial charge in [-0.3, -0.25) is 0 Å². The Morgan fingerprint density at radius 1 is 0.645 bits per heavy atom. The normalized spacial score (nSPS) is 13.8. The summed E-state index contributed by atoms with van der Waals surface area (Å²) >= 11 is 0. The number of anilines is 4. The van der Waals surface area contributed by atoms with Crippen LogP contribution >= 0.6 is 0 Å². The quantitative estimate of drug-likeness (QED) is 0.156. The van der Waals surface area contributed by atoms with Gasteiger partial charge in [0.15, 0.2) is 0 Å². The molecule has 0 unspecified atom stereocenters. The minimum Gasteiger partial charge on any atom is -0.509 e. The van der Waals surface area contributed by atoms with Crippen molar-refractivity contribution in [1.29, 1.82) is 0 Å². The number of fused-ring (bicyclic) bond motifs is 7. The second-order valence-corrected chi connectivity index (χ2v) is 17.9. The zero-order valence-electron chi connectivity index (χ0n) is 35.6. The Balaban J connectivity index is 0.00000458. The van der Waals surface area contributed by atoms with Crippen molar-refractivity contribution in [2.45, 2.75) is 52.4 Å². The number of rotatable bonds is 6. The summed E-state index contributed by atoms with van der Waals surface area (Å²) in [4.78, 5) is 9.49. The van der Waals surface area contributed by atoms with Crippen LogP contribution in [0, 0.1) is 25.7 Å². The summed E-state index contributed by atoms with van der Waals surface area (Å²) in [5, 5.41) is 2.24. The van der Waals surface area contributed by atoms with E-state index in [4.69, 9.17) is 9.72 Å². The van der Waals surface area contributed by atoms with E-state index >= 15 is 0 Å². The third kappa shape index (κ3) is 6.36. The Hall–Kier alpha value is -6.42. The summed E-state index contributed by atoms with van der Waals surface area (Å²) in [6.45, 7) is 15.8. The molecule has 308 valence electrons. The molecule has 7 aromatic carbocycles. The molecule has 62 heavy (non-hydrogen) atoms. The average Bonchev–Trinajstić information content (AvgIpc) is 3.88. The van der Waals surface area contributed by atoms with E-state index in [1.807, 2.05) is 24.4 Å². The van der Waals surface area contributed by atoms with Crippen molar-refractivity contribution >= 4 is 44.6 Å². The first-order chi connectivity index (χ1) is 29.5. The third-order valence-corrected chi connectivity index (χ3v) is 12.6. The number of pyridine rings is 1. The molecule has 9 aromatic rings. The number of benzene rings is 7. The smallest absolute Gasteiger partial charge is 0.135 e. The molecule has 5 nitrogen and oxygen atoms in total. The second-order valence-electron chi connectivity index (χ2n) is 17.9. The van der Waals surface area contributed by atoms with Crippen LogP contribution in [0.5, 0.6) is 11.5 Å². The summed E-state index contributed by atoms with van der Waals surface area (Å²) < 4.78 is 8.87. The van der Waals surface area contributed by atoms with Gasteiger partial charge in [0.2, 0.25) is 0 Å². The topological polar surface area (TPSA) is 33.5 Å². The van der Waals surface area contributed by atoms with Crippen molar-refractivity contribution in [1.82, 2.24) is 9.55 Å². The van der Waals surface area contributed by atoms with E-state index in [1.54, 1.807) is 0 Å². The number of hydrogen-bond donors (Lipinski definition) is 0. The maximum Gasteiger partial charge on any atom is 0.135 e. The molecule has 1 aliphatic carbocycles. The molecular formula is C56H45N4OPt-3. The minimum absolute atomic E-state index is 0. The van der Waals surface area contributed by atoms with Crippen LogP contribution in [0.2, 0.25) is 0 Å². The molecule has 2 aromatic heterocycles. The Kier molecular flexibility index (Phi) is 9.53. The monoisotopic (exact) mass is 984 g/mol. The maximum absolute atomic E-state index is 6.68. The van der Waals surface area contributed by atoms with Gasteiger partial charge in [0.25, 0.3) is 0 Å². The summed E-state index contributed by atoms with van der Waals surface area (Å²) in [6, 6.07) is 61.3. The van der Waals surface area contributed by atoms with E-state index < -0.39 is 0 Å². The minimum atomic E-state index is -0.147. The summed E-state index contributed by atoms with van der Waals surface area (Å²) in [6.07, 6.45) is 1.90. The average molecular weight is 985 g/mol. The van der Waals surface area contributed by atoms with Crippen molar-refractivity contribution < 1.29 is 25.8 Å². The number of para-hydroxylation sites is 1. The summed E-state index contributed by atoms with van der Waals surface area (Å²) in [5.41, 5.74) is 16.0. The Morgan fingerprint density at radius 2 is 1.42 bits per heavy atom. The molecule has 0 bridgehead atoms. The van der Waals surface area contributed by atoms with Crippen LogP contribution in [0.25, 0.3) is 49.9 Å². The molecule has 0 saturated carbocycles. The Bertz CT molecular complexity index is 3200. The molecule has 0 saturated heterocycles. The van der Waals surface area contributed by atoms with Gasteiger partial charge in [-0.2, -0.15) is 12.1 Å². The number of hydrogen-bond acceptors (Lipinski definition) is 4. The van der Waals surface area contributed by atoms with Crippen molar-refractivity contribution in [3.05, 3.63) is 199 Å². The predicted octanol–water partition coefficient (Wildman–Crippen LogP) is 14.6. The molecular weight excluding hydrogens is 940 g/mol. The van der Waals surface area contributed by atoms with Gasteiger partial charge in [-0.15, -0.1) is 48.1 Å². The first-order valence-electron chi connectivity index (χ1n) is 21.0. The van der Waals surface area contributed by atoms with Gasteiger partial charge >= 0.3 is 0 Å². The first-order valence-corrected chi connectivity index (χ1v) is 21.0. The molecule has 1 aliphatic heterocycles. The zero-order valence-corrected chi connectivity index (χ0v) is 37.9. The molecule has 0 N–H and O–H groups in total. The van der Waals surface area contributed by atoms with Gasteiger partial charge in [0.1, 0.15) is 5.82 Å². The van der Waals surface area contributed by atoms with Gasteiger partial charge in [0, 0.05) is 77.9 Å². The number of nitrogens with zero attached hydrogens (tertiary/aromatic N) is 4. The third-order valence-electron chi connectivity index (χ3n) is 12.6. The van der Waals surface area contributed by atoms with E-state index in [0.29, 0.717) is 11.5 Å².